The Morgan fingerprint density at radius 3 is 2.56 bits per heavy atom. The third-order valence-electron chi connectivity index (χ3n) is 3.80. The van der Waals surface area contributed by atoms with Gasteiger partial charge in [-0.3, -0.25) is 0 Å². The Morgan fingerprint density at radius 2 is 1.94 bits per heavy atom. The molecule has 1 aliphatic rings. The summed E-state index contributed by atoms with van der Waals surface area (Å²) in [6, 6.07) is 11.4. The zero-order chi connectivity index (χ0) is 13.0. The number of hydrogen-bond acceptors (Lipinski definition) is 2. The predicted octanol–water partition coefficient (Wildman–Crippen LogP) is 4.11. The Kier molecular flexibility index (Phi) is 4.25. The summed E-state index contributed by atoms with van der Waals surface area (Å²) in [6.45, 7) is 4.49. The van der Waals surface area contributed by atoms with Crippen LogP contribution >= 0.6 is 0 Å². The molecule has 0 saturated heterocycles. The van der Waals surface area contributed by atoms with Gasteiger partial charge in [-0.2, -0.15) is 5.26 Å². The van der Waals surface area contributed by atoms with Gasteiger partial charge in [0.25, 0.3) is 0 Å². The molecule has 96 valence electrons. The second-order valence-corrected chi connectivity index (χ2v) is 5.45. The first-order chi connectivity index (χ1) is 8.72. The van der Waals surface area contributed by atoms with Crippen molar-refractivity contribution in [3.05, 3.63) is 29.8 Å². The molecule has 2 heteroatoms. The van der Waals surface area contributed by atoms with Crippen LogP contribution in [-0.2, 0) is 0 Å². The highest BCUT2D eigenvalue weighted by molar-refractivity contribution is 5.53. The van der Waals surface area contributed by atoms with Crippen LogP contribution in [0.5, 0.6) is 0 Å². The summed E-state index contributed by atoms with van der Waals surface area (Å²) in [4.78, 5) is 2.50. The zero-order valence-corrected chi connectivity index (χ0v) is 11.4. The van der Waals surface area contributed by atoms with Gasteiger partial charge in [-0.05, 0) is 44.9 Å². The maximum atomic E-state index is 9.02. The summed E-state index contributed by atoms with van der Waals surface area (Å²) in [5.41, 5.74) is 1.96. The Labute approximate surface area is 110 Å². The largest absolute Gasteiger partial charge is 0.366 e. The van der Waals surface area contributed by atoms with Crippen molar-refractivity contribution in [1.29, 1.82) is 5.26 Å². The van der Waals surface area contributed by atoms with E-state index in [9.17, 15) is 0 Å². The lowest BCUT2D eigenvalue weighted by Crippen LogP contribution is -2.41. The minimum atomic E-state index is 0.488. The highest BCUT2D eigenvalue weighted by Gasteiger charge is 2.23. The van der Waals surface area contributed by atoms with Crippen LogP contribution in [0.3, 0.4) is 0 Å². The molecule has 0 atom stereocenters. The number of nitrogens with zero attached hydrogens (tertiary/aromatic N) is 2. The van der Waals surface area contributed by atoms with E-state index >= 15 is 0 Å². The number of anilines is 1. The number of hydrogen-bond donors (Lipinski definition) is 0. The molecule has 0 amide bonds. The highest BCUT2D eigenvalue weighted by atomic mass is 15.2. The Balaban J connectivity index is 2.26. The van der Waals surface area contributed by atoms with Gasteiger partial charge >= 0.3 is 0 Å². The summed E-state index contributed by atoms with van der Waals surface area (Å²) in [6.07, 6.45) is 6.63. The van der Waals surface area contributed by atoms with Crippen LogP contribution in [-0.4, -0.2) is 12.1 Å². The van der Waals surface area contributed by atoms with Crippen LogP contribution in [0.4, 0.5) is 5.69 Å². The van der Waals surface area contributed by atoms with Crippen molar-refractivity contribution in [3.8, 4) is 6.07 Å². The van der Waals surface area contributed by atoms with Crippen LogP contribution in [0.1, 0.15) is 51.5 Å². The third-order valence-corrected chi connectivity index (χ3v) is 3.80. The Hall–Kier alpha value is -1.49. The fraction of sp³-hybridized carbons (Fsp3) is 0.562. The molecule has 2 rings (SSSR count). The first-order valence-corrected chi connectivity index (χ1v) is 7.01. The van der Waals surface area contributed by atoms with Crippen molar-refractivity contribution in [2.45, 2.75) is 58.0 Å². The lowest BCUT2D eigenvalue weighted by atomic mass is 9.93. The van der Waals surface area contributed by atoms with E-state index in [-0.39, 0.29) is 0 Å². The SMILES string of the molecule is CC(C)N(c1cccc(C#N)c1)C1CCCCC1. The van der Waals surface area contributed by atoms with Crippen molar-refractivity contribution in [1.82, 2.24) is 0 Å². The number of benzene rings is 1. The maximum absolute atomic E-state index is 9.02. The van der Waals surface area contributed by atoms with Gasteiger partial charge in [-0.1, -0.05) is 25.3 Å². The predicted molar refractivity (Wildman–Crippen MR) is 75.6 cm³/mol. The van der Waals surface area contributed by atoms with Crippen LogP contribution in [0.25, 0.3) is 0 Å². The topological polar surface area (TPSA) is 27.0 Å². The fourth-order valence-corrected chi connectivity index (χ4v) is 3.03. The van der Waals surface area contributed by atoms with Gasteiger partial charge in [-0.15, -0.1) is 0 Å². The minimum Gasteiger partial charge on any atom is -0.366 e. The highest BCUT2D eigenvalue weighted by Crippen LogP contribution is 2.29. The average molecular weight is 242 g/mol. The summed E-state index contributed by atoms with van der Waals surface area (Å²) >= 11 is 0. The Bertz CT molecular complexity index is 425. The van der Waals surface area contributed by atoms with E-state index in [1.54, 1.807) is 0 Å². The molecule has 0 aromatic heterocycles. The molecule has 0 unspecified atom stereocenters. The van der Waals surface area contributed by atoms with Gasteiger partial charge in [0.15, 0.2) is 0 Å². The van der Waals surface area contributed by atoms with Crippen molar-refractivity contribution in [3.63, 3.8) is 0 Å². The molecule has 2 nitrogen and oxygen atoms in total. The van der Waals surface area contributed by atoms with E-state index in [0.29, 0.717) is 12.1 Å². The second kappa shape index (κ2) is 5.91. The maximum Gasteiger partial charge on any atom is 0.0992 e. The van der Waals surface area contributed by atoms with Crippen LogP contribution in [0, 0.1) is 11.3 Å². The molecule has 1 aliphatic carbocycles. The summed E-state index contributed by atoms with van der Waals surface area (Å²) < 4.78 is 0. The third kappa shape index (κ3) is 2.85. The van der Waals surface area contributed by atoms with Crippen molar-refractivity contribution in [2.75, 3.05) is 4.90 Å². The first-order valence-electron chi connectivity index (χ1n) is 7.01. The van der Waals surface area contributed by atoms with E-state index in [4.69, 9.17) is 5.26 Å². The van der Waals surface area contributed by atoms with E-state index in [2.05, 4.69) is 30.9 Å². The molecule has 0 bridgehead atoms. The molecule has 0 aliphatic heterocycles. The fourth-order valence-electron chi connectivity index (χ4n) is 3.03. The molecule has 1 saturated carbocycles. The van der Waals surface area contributed by atoms with E-state index in [1.807, 2.05) is 18.2 Å². The van der Waals surface area contributed by atoms with Crippen molar-refractivity contribution in [2.24, 2.45) is 0 Å². The average Bonchev–Trinajstić information content (AvgIpc) is 2.40. The van der Waals surface area contributed by atoms with Crippen LogP contribution < -0.4 is 4.90 Å². The number of nitriles is 1. The zero-order valence-electron chi connectivity index (χ0n) is 11.4. The molecule has 0 spiro atoms. The van der Waals surface area contributed by atoms with Crippen molar-refractivity contribution < 1.29 is 0 Å². The van der Waals surface area contributed by atoms with Gasteiger partial charge in [0.1, 0.15) is 0 Å². The quantitative estimate of drug-likeness (QED) is 0.797. The molecule has 0 N–H and O–H groups in total. The summed E-state index contributed by atoms with van der Waals surface area (Å²) in [5, 5.41) is 9.02. The minimum absolute atomic E-state index is 0.488. The first kappa shape index (κ1) is 13.0. The molecular formula is C16H22N2. The van der Waals surface area contributed by atoms with Crippen LogP contribution in [0.2, 0.25) is 0 Å². The summed E-state index contributed by atoms with van der Waals surface area (Å²) in [5.74, 6) is 0. The van der Waals surface area contributed by atoms with Gasteiger partial charge in [0.2, 0.25) is 0 Å². The van der Waals surface area contributed by atoms with E-state index in [1.165, 1.54) is 37.8 Å². The molecule has 1 aromatic rings. The lowest BCUT2D eigenvalue weighted by molar-refractivity contribution is 0.398. The summed E-state index contributed by atoms with van der Waals surface area (Å²) in [7, 11) is 0. The standard InChI is InChI=1S/C16H22N2/c1-13(2)18(15-8-4-3-5-9-15)16-10-6-7-14(11-16)12-17/h6-7,10-11,13,15H,3-5,8-9H2,1-2H3. The van der Waals surface area contributed by atoms with Gasteiger partial charge < -0.3 is 4.90 Å². The van der Waals surface area contributed by atoms with Gasteiger partial charge in [0.05, 0.1) is 11.6 Å². The second-order valence-electron chi connectivity index (χ2n) is 5.45. The van der Waals surface area contributed by atoms with Crippen molar-refractivity contribution >= 4 is 5.69 Å². The molecule has 0 radical (unpaired) electrons. The molecule has 18 heavy (non-hydrogen) atoms. The molecule has 1 aromatic carbocycles. The number of rotatable bonds is 3. The van der Waals surface area contributed by atoms with Gasteiger partial charge in [-0.25, -0.2) is 0 Å². The molecule has 1 fully saturated rings. The van der Waals surface area contributed by atoms with E-state index < -0.39 is 0 Å². The molecular weight excluding hydrogens is 220 g/mol. The Morgan fingerprint density at radius 1 is 1.22 bits per heavy atom. The lowest BCUT2D eigenvalue weighted by Gasteiger charge is -2.39. The van der Waals surface area contributed by atoms with Gasteiger partial charge in [0, 0.05) is 17.8 Å². The monoisotopic (exact) mass is 242 g/mol. The normalized spacial score (nSPS) is 16.6. The van der Waals surface area contributed by atoms with Crippen LogP contribution in [0.15, 0.2) is 24.3 Å². The molecule has 0 heterocycles. The smallest absolute Gasteiger partial charge is 0.0992 e. The van der Waals surface area contributed by atoms with E-state index in [0.717, 1.165) is 5.56 Å².